The zero-order valence-corrected chi connectivity index (χ0v) is 15.2. The van der Waals surface area contributed by atoms with E-state index in [0.29, 0.717) is 17.9 Å². The van der Waals surface area contributed by atoms with Gasteiger partial charge in [0.2, 0.25) is 0 Å². The summed E-state index contributed by atoms with van der Waals surface area (Å²) in [5.41, 5.74) is 1.48. The van der Waals surface area contributed by atoms with E-state index >= 15 is 0 Å². The lowest BCUT2D eigenvalue weighted by Gasteiger charge is -2.11. The number of benzene rings is 2. The van der Waals surface area contributed by atoms with Gasteiger partial charge in [-0.05, 0) is 60.5 Å². The third-order valence-corrected chi connectivity index (χ3v) is 5.37. The second-order valence-electron chi connectivity index (χ2n) is 5.93. The highest BCUT2D eigenvalue weighted by molar-refractivity contribution is 7.92. The summed E-state index contributed by atoms with van der Waals surface area (Å²) in [6, 6.07) is 12.7. The molecular formula is C19H17F2N3O2S. The topological polar surface area (TPSA) is 71.1 Å². The standard InChI is InChI=1S/C19H17F2N3O2S/c1-13-10-16(21)6-8-18(13)27(25,26)24-17-7-9-19(23-12-17)22-11-14-2-4-15(20)5-3-14/h2-10,12,24H,11H2,1H3,(H,22,23). The third kappa shape index (κ3) is 4.79. The van der Waals surface area contributed by atoms with Crippen molar-refractivity contribution in [2.75, 3.05) is 10.0 Å². The van der Waals surface area contributed by atoms with Crippen LogP contribution in [0.25, 0.3) is 0 Å². The Labute approximate surface area is 156 Å². The zero-order chi connectivity index (χ0) is 19.4. The molecule has 5 nitrogen and oxygen atoms in total. The van der Waals surface area contributed by atoms with Gasteiger partial charge in [-0.1, -0.05) is 12.1 Å². The zero-order valence-electron chi connectivity index (χ0n) is 14.4. The van der Waals surface area contributed by atoms with E-state index in [1.165, 1.54) is 31.3 Å². The van der Waals surface area contributed by atoms with Crippen molar-refractivity contribution in [2.45, 2.75) is 18.4 Å². The fourth-order valence-corrected chi connectivity index (χ4v) is 3.75. The van der Waals surface area contributed by atoms with E-state index in [0.717, 1.165) is 17.7 Å². The quantitative estimate of drug-likeness (QED) is 0.666. The minimum Gasteiger partial charge on any atom is -0.366 e. The van der Waals surface area contributed by atoms with Gasteiger partial charge >= 0.3 is 0 Å². The van der Waals surface area contributed by atoms with Crippen molar-refractivity contribution in [1.82, 2.24) is 4.98 Å². The van der Waals surface area contributed by atoms with Gasteiger partial charge in [0.1, 0.15) is 17.5 Å². The van der Waals surface area contributed by atoms with Crippen LogP contribution in [0.5, 0.6) is 0 Å². The fraction of sp³-hybridized carbons (Fsp3) is 0.105. The van der Waals surface area contributed by atoms with Crippen LogP contribution in [-0.2, 0) is 16.6 Å². The molecule has 3 rings (SSSR count). The smallest absolute Gasteiger partial charge is 0.262 e. The molecule has 0 saturated heterocycles. The van der Waals surface area contributed by atoms with E-state index < -0.39 is 15.8 Å². The molecule has 0 fully saturated rings. The molecule has 2 aromatic carbocycles. The Morgan fingerprint density at radius 3 is 2.30 bits per heavy atom. The van der Waals surface area contributed by atoms with E-state index in [1.807, 2.05) is 0 Å². The molecule has 0 spiro atoms. The molecule has 3 aromatic rings. The van der Waals surface area contributed by atoms with E-state index in [4.69, 9.17) is 0 Å². The van der Waals surface area contributed by atoms with Crippen LogP contribution in [0.15, 0.2) is 65.7 Å². The number of hydrogen-bond acceptors (Lipinski definition) is 4. The monoisotopic (exact) mass is 389 g/mol. The summed E-state index contributed by atoms with van der Waals surface area (Å²) < 4.78 is 53.4. The second kappa shape index (κ2) is 7.71. The van der Waals surface area contributed by atoms with Crippen LogP contribution in [-0.4, -0.2) is 13.4 Å². The number of nitrogens with zero attached hydrogens (tertiary/aromatic N) is 1. The molecule has 8 heteroatoms. The van der Waals surface area contributed by atoms with Crippen molar-refractivity contribution in [2.24, 2.45) is 0 Å². The lowest BCUT2D eigenvalue weighted by Crippen LogP contribution is -2.14. The normalized spacial score (nSPS) is 11.2. The predicted octanol–water partition coefficient (Wildman–Crippen LogP) is 4.08. The van der Waals surface area contributed by atoms with Gasteiger partial charge in [0.15, 0.2) is 0 Å². The first-order valence-electron chi connectivity index (χ1n) is 8.07. The summed E-state index contributed by atoms with van der Waals surface area (Å²) in [4.78, 5) is 4.16. The summed E-state index contributed by atoms with van der Waals surface area (Å²) in [6.45, 7) is 1.98. The fourth-order valence-electron chi connectivity index (χ4n) is 2.48. The van der Waals surface area contributed by atoms with Crippen LogP contribution in [0, 0.1) is 18.6 Å². The Balaban J connectivity index is 1.67. The molecule has 0 aliphatic carbocycles. The van der Waals surface area contributed by atoms with Crippen molar-refractivity contribution in [3.05, 3.63) is 83.6 Å². The van der Waals surface area contributed by atoms with Crippen molar-refractivity contribution < 1.29 is 17.2 Å². The minimum absolute atomic E-state index is 0.00223. The van der Waals surface area contributed by atoms with Crippen molar-refractivity contribution in [1.29, 1.82) is 0 Å². The number of halogens is 2. The number of pyridine rings is 1. The van der Waals surface area contributed by atoms with Crippen LogP contribution in [0.3, 0.4) is 0 Å². The summed E-state index contributed by atoms with van der Waals surface area (Å²) in [5.74, 6) is -0.255. The van der Waals surface area contributed by atoms with Crippen molar-refractivity contribution in [3.8, 4) is 0 Å². The molecule has 0 saturated carbocycles. The van der Waals surface area contributed by atoms with Gasteiger partial charge in [-0.3, -0.25) is 4.72 Å². The first kappa shape index (κ1) is 18.8. The predicted molar refractivity (Wildman–Crippen MR) is 99.9 cm³/mol. The Kier molecular flexibility index (Phi) is 5.36. The number of sulfonamides is 1. The maximum atomic E-state index is 13.2. The number of nitrogens with one attached hydrogen (secondary N) is 2. The van der Waals surface area contributed by atoms with Gasteiger partial charge in [-0.15, -0.1) is 0 Å². The Bertz CT molecular complexity index is 1040. The third-order valence-electron chi connectivity index (χ3n) is 3.83. The molecule has 1 heterocycles. The molecule has 140 valence electrons. The Hall–Kier alpha value is -3.00. The molecule has 0 radical (unpaired) electrons. The molecule has 0 aliphatic heterocycles. The van der Waals surface area contributed by atoms with Crippen LogP contribution in [0.1, 0.15) is 11.1 Å². The van der Waals surface area contributed by atoms with E-state index in [2.05, 4.69) is 15.0 Å². The van der Waals surface area contributed by atoms with Crippen LogP contribution < -0.4 is 10.0 Å². The van der Waals surface area contributed by atoms with E-state index in [9.17, 15) is 17.2 Å². The lowest BCUT2D eigenvalue weighted by atomic mass is 10.2. The van der Waals surface area contributed by atoms with Gasteiger partial charge in [0.25, 0.3) is 10.0 Å². The first-order valence-corrected chi connectivity index (χ1v) is 9.55. The molecule has 0 bridgehead atoms. The largest absolute Gasteiger partial charge is 0.366 e. The molecule has 27 heavy (non-hydrogen) atoms. The van der Waals surface area contributed by atoms with Gasteiger partial charge in [0.05, 0.1) is 16.8 Å². The highest BCUT2D eigenvalue weighted by Gasteiger charge is 2.17. The molecular weight excluding hydrogens is 372 g/mol. The minimum atomic E-state index is -3.85. The summed E-state index contributed by atoms with van der Waals surface area (Å²) in [6.07, 6.45) is 1.38. The van der Waals surface area contributed by atoms with Gasteiger partial charge in [-0.25, -0.2) is 22.2 Å². The number of hydrogen-bond donors (Lipinski definition) is 2. The molecule has 0 aliphatic rings. The van der Waals surface area contributed by atoms with Crippen molar-refractivity contribution >= 4 is 21.5 Å². The average molecular weight is 389 g/mol. The molecule has 1 aromatic heterocycles. The van der Waals surface area contributed by atoms with Gasteiger partial charge in [0, 0.05) is 6.54 Å². The molecule has 0 unspecified atom stereocenters. The van der Waals surface area contributed by atoms with E-state index in [-0.39, 0.29) is 16.4 Å². The average Bonchev–Trinajstić information content (AvgIpc) is 2.62. The highest BCUT2D eigenvalue weighted by atomic mass is 32.2. The maximum Gasteiger partial charge on any atom is 0.262 e. The Morgan fingerprint density at radius 1 is 0.963 bits per heavy atom. The van der Waals surface area contributed by atoms with Crippen LogP contribution in [0.2, 0.25) is 0 Å². The molecule has 0 atom stereocenters. The van der Waals surface area contributed by atoms with E-state index in [1.54, 1.807) is 24.3 Å². The number of rotatable bonds is 6. The lowest BCUT2D eigenvalue weighted by molar-refractivity contribution is 0.598. The SMILES string of the molecule is Cc1cc(F)ccc1S(=O)(=O)Nc1ccc(NCc2ccc(F)cc2)nc1. The number of aromatic nitrogens is 1. The maximum absolute atomic E-state index is 13.2. The summed E-state index contributed by atoms with van der Waals surface area (Å²) in [7, 11) is -3.85. The summed E-state index contributed by atoms with van der Waals surface area (Å²) >= 11 is 0. The number of anilines is 2. The number of aryl methyl sites for hydroxylation is 1. The van der Waals surface area contributed by atoms with Gasteiger partial charge < -0.3 is 5.32 Å². The second-order valence-corrected chi connectivity index (χ2v) is 7.58. The van der Waals surface area contributed by atoms with Crippen LogP contribution >= 0.6 is 0 Å². The van der Waals surface area contributed by atoms with Gasteiger partial charge in [-0.2, -0.15) is 0 Å². The molecule has 0 amide bonds. The molecule has 2 N–H and O–H groups in total. The van der Waals surface area contributed by atoms with Crippen molar-refractivity contribution in [3.63, 3.8) is 0 Å². The Morgan fingerprint density at radius 2 is 1.67 bits per heavy atom. The highest BCUT2D eigenvalue weighted by Crippen LogP contribution is 2.20. The van der Waals surface area contributed by atoms with Crippen LogP contribution in [0.4, 0.5) is 20.3 Å². The summed E-state index contributed by atoms with van der Waals surface area (Å²) in [5, 5.41) is 3.07. The first-order chi connectivity index (χ1) is 12.8.